The van der Waals surface area contributed by atoms with Crippen LogP contribution in [0.15, 0.2) is 69.1 Å². The molecule has 2 aromatic rings. The van der Waals surface area contributed by atoms with E-state index >= 15 is 0 Å². The topological polar surface area (TPSA) is 79.5 Å². The molecular formula is C19H15BrN2O3S. The second-order valence-electron chi connectivity index (χ2n) is 6.57. The number of benzene rings is 2. The molecule has 0 radical (unpaired) electrons. The summed E-state index contributed by atoms with van der Waals surface area (Å²) in [5, 5.41) is 14.0. The lowest BCUT2D eigenvalue weighted by atomic mass is 9.94. The van der Waals surface area contributed by atoms with E-state index in [2.05, 4.69) is 27.2 Å². The summed E-state index contributed by atoms with van der Waals surface area (Å²) in [6.07, 6.45) is -0.106. The lowest BCUT2D eigenvalue weighted by Crippen LogP contribution is -2.35. The molecule has 0 spiro atoms. The number of rotatable bonds is 3. The molecule has 0 saturated heterocycles. The molecule has 0 aromatic heterocycles. The van der Waals surface area contributed by atoms with Crippen molar-refractivity contribution < 1.29 is 13.3 Å². The van der Waals surface area contributed by atoms with Crippen LogP contribution in [0.2, 0.25) is 0 Å². The Kier molecular flexibility index (Phi) is 4.13. The van der Waals surface area contributed by atoms with Crippen molar-refractivity contribution in [2.24, 2.45) is 11.1 Å². The molecular weight excluding hydrogens is 416 g/mol. The Hall–Kier alpha value is -2.17. The number of fused-ring (bicyclic) bond motifs is 1. The van der Waals surface area contributed by atoms with Gasteiger partial charge in [0, 0.05) is 22.4 Å². The zero-order valence-electron chi connectivity index (χ0n) is 13.7. The number of hydrogen-bond donors (Lipinski definition) is 0. The lowest BCUT2D eigenvalue weighted by molar-refractivity contribution is 0.0736. The van der Waals surface area contributed by atoms with Crippen molar-refractivity contribution in [3.8, 4) is 6.07 Å². The lowest BCUT2D eigenvalue weighted by Gasteiger charge is -2.21. The van der Waals surface area contributed by atoms with Crippen LogP contribution >= 0.6 is 15.9 Å². The number of sulfone groups is 1. The summed E-state index contributed by atoms with van der Waals surface area (Å²) in [4.78, 5) is 5.70. The van der Waals surface area contributed by atoms with E-state index in [1.807, 2.05) is 24.3 Å². The van der Waals surface area contributed by atoms with Crippen molar-refractivity contribution >= 4 is 31.5 Å². The van der Waals surface area contributed by atoms with E-state index in [-0.39, 0.29) is 23.7 Å². The highest BCUT2D eigenvalue weighted by molar-refractivity contribution is 9.10. The Morgan fingerprint density at radius 2 is 1.92 bits per heavy atom. The summed E-state index contributed by atoms with van der Waals surface area (Å²) in [7, 11) is -3.81. The van der Waals surface area contributed by atoms with Crippen LogP contribution in [-0.4, -0.2) is 25.0 Å². The second-order valence-corrected chi connectivity index (χ2v) is 9.74. The first-order valence-electron chi connectivity index (χ1n) is 8.17. The minimum Gasteiger partial charge on any atom is -0.391 e. The SMILES string of the molecule is N#C[C@]1(S(=O)(=O)c2ccccc2)C[C@@H]2C(c3cccc(Br)c3)=NO[C@@H]2C1. The Morgan fingerprint density at radius 3 is 2.62 bits per heavy atom. The highest BCUT2D eigenvalue weighted by Gasteiger charge is 2.59. The number of nitrogens with zero attached hydrogens (tertiary/aromatic N) is 2. The third kappa shape index (κ3) is 2.56. The molecule has 1 heterocycles. The molecule has 1 aliphatic carbocycles. The number of nitriles is 1. The molecule has 3 atom stereocenters. The zero-order chi connectivity index (χ0) is 18.4. The van der Waals surface area contributed by atoms with Crippen LogP contribution in [0.3, 0.4) is 0 Å². The minimum absolute atomic E-state index is 0.117. The molecule has 0 N–H and O–H groups in total. The van der Waals surface area contributed by atoms with Crippen molar-refractivity contribution in [2.45, 2.75) is 28.6 Å². The van der Waals surface area contributed by atoms with Crippen LogP contribution in [0.25, 0.3) is 0 Å². The molecule has 1 aliphatic heterocycles. The average molecular weight is 431 g/mol. The van der Waals surface area contributed by atoms with E-state index in [0.29, 0.717) is 5.71 Å². The van der Waals surface area contributed by atoms with Crippen molar-refractivity contribution in [3.63, 3.8) is 0 Å². The molecule has 1 saturated carbocycles. The quantitative estimate of drug-likeness (QED) is 0.743. The van der Waals surface area contributed by atoms with Crippen molar-refractivity contribution in [1.29, 1.82) is 5.26 Å². The Labute approximate surface area is 160 Å². The van der Waals surface area contributed by atoms with Crippen LogP contribution in [0.1, 0.15) is 18.4 Å². The van der Waals surface area contributed by atoms with Gasteiger partial charge in [-0.1, -0.05) is 51.4 Å². The van der Waals surface area contributed by atoms with Crippen molar-refractivity contribution in [1.82, 2.24) is 0 Å². The molecule has 0 unspecified atom stereocenters. The van der Waals surface area contributed by atoms with E-state index in [9.17, 15) is 13.7 Å². The number of hydrogen-bond acceptors (Lipinski definition) is 5. The third-order valence-corrected chi connectivity index (χ3v) is 7.90. The first-order valence-corrected chi connectivity index (χ1v) is 10.4. The predicted molar refractivity (Wildman–Crippen MR) is 100 cm³/mol. The van der Waals surface area contributed by atoms with Crippen LogP contribution in [0.4, 0.5) is 0 Å². The molecule has 132 valence electrons. The van der Waals surface area contributed by atoms with Gasteiger partial charge in [0.05, 0.1) is 16.7 Å². The molecule has 0 amide bonds. The molecule has 0 bridgehead atoms. The highest BCUT2D eigenvalue weighted by atomic mass is 79.9. The Bertz CT molecular complexity index is 1030. The minimum atomic E-state index is -3.81. The largest absolute Gasteiger partial charge is 0.391 e. The van der Waals surface area contributed by atoms with E-state index in [4.69, 9.17) is 4.84 Å². The van der Waals surface area contributed by atoms with Crippen LogP contribution in [0.5, 0.6) is 0 Å². The molecule has 1 fully saturated rings. The summed E-state index contributed by atoms with van der Waals surface area (Å²) in [6.45, 7) is 0. The number of oxime groups is 1. The molecule has 5 nitrogen and oxygen atoms in total. The summed E-state index contributed by atoms with van der Waals surface area (Å²) < 4.78 is 25.8. The van der Waals surface area contributed by atoms with Gasteiger partial charge >= 0.3 is 0 Å². The molecule has 7 heteroatoms. The van der Waals surface area contributed by atoms with E-state index in [1.54, 1.807) is 18.2 Å². The standard InChI is InChI=1S/C19H15BrN2O3S/c20-14-6-4-5-13(9-14)18-16-10-19(12-21,11-17(16)25-22-18)26(23,24)15-7-2-1-3-8-15/h1-9,16-17H,10-11H2/t16-,17+,19-/m0/s1. The van der Waals surface area contributed by atoms with E-state index < -0.39 is 20.7 Å². The monoisotopic (exact) mass is 430 g/mol. The van der Waals surface area contributed by atoms with Crippen LogP contribution < -0.4 is 0 Å². The fourth-order valence-electron chi connectivity index (χ4n) is 3.72. The van der Waals surface area contributed by atoms with Gasteiger partial charge in [-0.2, -0.15) is 5.26 Å². The fourth-order valence-corrected chi connectivity index (χ4v) is 5.99. The molecule has 2 aromatic carbocycles. The van der Waals surface area contributed by atoms with E-state index in [0.717, 1.165) is 10.0 Å². The van der Waals surface area contributed by atoms with Gasteiger partial charge in [0.2, 0.25) is 0 Å². The molecule has 4 rings (SSSR count). The third-order valence-electron chi connectivity index (χ3n) is 5.06. The van der Waals surface area contributed by atoms with Gasteiger partial charge in [0.15, 0.2) is 14.6 Å². The predicted octanol–water partition coefficient (Wildman–Crippen LogP) is 3.70. The van der Waals surface area contributed by atoms with Gasteiger partial charge in [0.1, 0.15) is 6.10 Å². The summed E-state index contributed by atoms with van der Waals surface area (Å²) >= 11 is 3.44. The van der Waals surface area contributed by atoms with Crippen LogP contribution in [0, 0.1) is 17.2 Å². The Morgan fingerprint density at radius 1 is 1.15 bits per heavy atom. The Balaban J connectivity index is 1.71. The number of halogens is 1. The van der Waals surface area contributed by atoms with Gasteiger partial charge in [-0.25, -0.2) is 8.42 Å². The first kappa shape index (κ1) is 17.3. The normalized spacial score (nSPS) is 27.3. The zero-order valence-corrected chi connectivity index (χ0v) is 16.1. The second kappa shape index (κ2) is 6.22. The van der Waals surface area contributed by atoms with Gasteiger partial charge in [-0.15, -0.1) is 0 Å². The maximum absolute atomic E-state index is 13.2. The van der Waals surface area contributed by atoms with Gasteiger partial charge in [-0.3, -0.25) is 0 Å². The summed E-state index contributed by atoms with van der Waals surface area (Å²) in [6, 6.07) is 17.9. The summed E-state index contributed by atoms with van der Waals surface area (Å²) in [5.41, 5.74) is 1.58. The fraction of sp³-hybridized carbons (Fsp3) is 0.263. The van der Waals surface area contributed by atoms with E-state index in [1.165, 1.54) is 12.1 Å². The molecule has 2 aliphatic rings. The average Bonchev–Trinajstić information content (AvgIpc) is 3.21. The molecule has 26 heavy (non-hydrogen) atoms. The van der Waals surface area contributed by atoms with Crippen molar-refractivity contribution in [3.05, 3.63) is 64.6 Å². The summed E-state index contributed by atoms with van der Waals surface area (Å²) in [5.74, 6) is -0.220. The smallest absolute Gasteiger partial charge is 0.197 e. The maximum atomic E-state index is 13.2. The van der Waals surface area contributed by atoms with Crippen LogP contribution in [-0.2, 0) is 14.7 Å². The van der Waals surface area contributed by atoms with Crippen molar-refractivity contribution in [2.75, 3.05) is 0 Å². The highest BCUT2D eigenvalue weighted by Crippen LogP contribution is 2.48. The van der Waals surface area contributed by atoms with Gasteiger partial charge < -0.3 is 4.84 Å². The maximum Gasteiger partial charge on any atom is 0.197 e. The van der Waals surface area contributed by atoms with Gasteiger partial charge in [0.25, 0.3) is 0 Å². The first-order chi connectivity index (χ1) is 12.5. The van der Waals surface area contributed by atoms with Gasteiger partial charge in [-0.05, 0) is 30.7 Å².